The number of likely N-dealkylation sites (tertiary alicyclic amines) is 1. The highest BCUT2D eigenvalue weighted by atomic mass is 16.5. The maximum atomic E-state index is 12.7. The maximum absolute atomic E-state index is 12.7. The van der Waals surface area contributed by atoms with Gasteiger partial charge in [0.25, 0.3) is 5.91 Å². The Labute approximate surface area is 128 Å². The number of aromatic nitrogens is 3. The molecule has 1 aliphatic heterocycles. The average molecular weight is 301 g/mol. The Morgan fingerprint density at radius 1 is 1.45 bits per heavy atom. The second-order valence-corrected chi connectivity index (χ2v) is 5.68. The summed E-state index contributed by atoms with van der Waals surface area (Å²) in [7, 11) is 1.82. The molecular weight excluding hydrogens is 282 g/mol. The first kappa shape index (κ1) is 14.5. The lowest BCUT2D eigenvalue weighted by atomic mass is 9.97. The molecule has 1 saturated heterocycles. The Bertz CT molecular complexity index is 685. The van der Waals surface area contributed by atoms with E-state index in [1.54, 1.807) is 11.0 Å². The summed E-state index contributed by atoms with van der Waals surface area (Å²) in [5.41, 5.74) is 0.330. The van der Waals surface area contributed by atoms with Crippen LogP contribution in [0.25, 0.3) is 0 Å². The number of anilines is 1. The highest BCUT2D eigenvalue weighted by Gasteiger charge is 2.44. The van der Waals surface area contributed by atoms with Gasteiger partial charge >= 0.3 is 0 Å². The van der Waals surface area contributed by atoms with E-state index in [-0.39, 0.29) is 11.7 Å². The molecule has 1 amide bonds. The first-order chi connectivity index (χ1) is 10.5. The number of hydrogen-bond donors (Lipinski definition) is 1. The van der Waals surface area contributed by atoms with E-state index in [2.05, 4.69) is 20.4 Å². The summed E-state index contributed by atoms with van der Waals surface area (Å²) >= 11 is 0. The summed E-state index contributed by atoms with van der Waals surface area (Å²) < 4.78 is 5.01. The van der Waals surface area contributed by atoms with Crippen molar-refractivity contribution in [2.24, 2.45) is 0 Å². The molecule has 22 heavy (non-hydrogen) atoms. The number of aryl methyl sites for hydroxylation is 1. The van der Waals surface area contributed by atoms with Gasteiger partial charge in [-0.05, 0) is 26.7 Å². The van der Waals surface area contributed by atoms with Crippen LogP contribution in [0, 0.1) is 6.92 Å². The summed E-state index contributed by atoms with van der Waals surface area (Å²) in [4.78, 5) is 23.6. The van der Waals surface area contributed by atoms with E-state index in [9.17, 15) is 4.79 Å². The van der Waals surface area contributed by atoms with Gasteiger partial charge in [0.2, 0.25) is 5.76 Å². The quantitative estimate of drug-likeness (QED) is 0.933. The number of nitrogens with zero attached hydrogens (tertiary/aromatic N) is 4. The minimum Gasteiger partial charge on any atom is -0.373 e. The summed E-state index contributed by atoms with van der Waals surface area (Å²) in [5, 5.41) is 6.65. The molecule has 116 valence electrons. The van der Waals surface area contributed by atoms with Crippen LogP contribution in [0.1, 0.15) is 41.8 Å². The number of carbonyl (C=O) groups excluding carboxylic acids is 1. The van der Waals surface area contributed by atoms with E-state index in [1.807, 2.05) is 27.0 Å². The molecule has 1 N–H and O–H groups in total. The van der Waals surface area contributed by atoms with Crippen molar-refractivity contribution in [1.82, 2.24) is 20.0 Å². The first-order valence-corrected chi connectivity index (χ1v) is 7.31. The number of carbonyl (C=O) groups is 1. The predicted molar refractivity (Wildman–Crippen MR) is 80.4 cm³/mol. The molecule has 1 aliphatic rings. The van der Waals surface area contributed by atoms with E-state index in [4.69, 9.17) is 4.52 Å². The molecule has 3 heterocycles. The number of amides is 1. The monoisotopic (exact) mass is 301 g/mol. The lowest BCUT2D eigenvalue weighted by Gasteiger charge is -2.33. The van der Waals surface area contributed by atoms with Crippen LogP contribution in [0.2, 0.25) is 0 Å². The van der Waals surface area contributed by atoms with Gasteiger partial charge in [-0.15, -0.1) is 0 Å². The molecule has 0 radical (unpaired) electrons. The molecule has 1 atom stereocenters. The fourth-order valence-corrected chi connectivity index (χ4v) is 2.92. The fourth-order valence-electron chi connectivity index (χ4n) is 2.92. The minimum atomic E-state index is -0.540. The van der Waals surface area contributed by atoms with Gasteiger partial charge in [-0.25, -0.2) is 9.97 Å². The fraction of sp³-hybridized carbons (Fsp3) is 0.467. The molecule has 2 aromatic rings. The van der Waals surface area contributed by atoms with Crippen molar-refractivity contribution in [3.8, 4) is 0 Å². The summed E-state index contributed by atoms with van der Waals surface area (Å²) in [6.07, 6.45) is 3.20. The molecule has 0 spiro atoms. The zero-order chi connectivity index (χ0) is 15.7. The van der Waals surface area contributed by atoms with Gasteiger partial charge in [0.15, 0.2) is 5.82 Å². The van der Waals surface area contributed by atoms with Crippen LogP contribution in [0.3, 0.4) is 0 Å². The van der Waals surface area contributed by atoms with Crippen molar-refractivity contribution in [3.05, 3.63) is 35.6 Å². The zero-order valence-corrected chi connectivity index (χ0v) is 13.0. The smallest absolute Gasteiger partial charge is 0.293 e. The Morgan fingerprint density at radius 2 is 2.27 bits per heavy atom. The molecule has 1 unspecified atom stereocenters. The van der Waals surface area contributed by atoms with Gasteiger partial charge in [0, 0.05) is 31.4 Å². The lowest BCUT2D eigenvalue weighted by Crippen LogP contribution is -2.44. The van der Waals surface area contributed by atoms with Crippen LogP contribution in [-0.4, -0.2) is 39.5 Å². The summed E-state index contributed by atoms with van der Waals surface area (Å²) in [6, 6.07) is 3.46. The van der Waals surface area contributed by atoms with E-state index >= 15 is 0 Å². The number of hydrogen-bond acceptors (Lipinski definition) is 6. The van der Waals surface area contributed by atoms with Crippen molar-refractivity contribution in [2.75, 3.05) is 18.9 Å². The van der Waals surface area contributed by atoms with Crippen LogP contribution < -0.4 is 5.32 Å². The van der Waals surface area contributed by atoms with E-state index < -0.39 is 5.54 Å². The highest BCUT2D eigenvalue weighted by Crippen LogP contribution is 2.38. The third-order valence-electron chi connectivity index (χ3n) is 4.13. The molecule has 0 aromatic carbocycles. The molecule has 7 nitrogen and oxygen atoms in total. The largest absolute Gasteiger partial charge is 0.373 e. The van der Waals surface area contributed by atoms with Gasteiger partial charge in [-0.3, -0.25) is 4.79 Å². The van der Waals surface area contributed by atoms with Crippen molar-refractivity contribution in [2.45, 2.75) is 32.2 Å². The SMILES string of the molecule is CNc1cc(C)nc(C2(C)CCCN2C(=O)c2ccno2)n1. The number of nitrogens with one attached hydrogen (secondary N) is 1. The molecule has 0 bridgehead atoms. The lowest BCUT2D eigenvalue weighted by molar-refractivity contribution is 0.0561. The van der Waals surface area contributed by atoms with Crippen molar-refractivity contribution >= 4 is 11.7 Å². The van der Waals surface area contributed by atoms with Gasteiger partial charge in [0.05, 0.1) is 6.20 Å². The van der Waals surface area contributed by atoms with Crippen molar-refractivity contribution < 1.29 is 9.32 Å². The zero-order valence-electron chi connectivity index (χ0n) is 13.0. The normalized spacial score (nSPS) is 21.1. The molecule has 7 heteroatoms. The van der Waals surface area contributed by atoms with Crippen LogP contribution in [0.5, 0.6) is 0 Å². The van der Waals surface area contributed by atoms with Crippen LogP contribution in [-0.2, 0) is 5.54 Å². The third-order valence-corrected chi connectivity index (χ3v) is 4.13. The van der Waals surface area contributed by atoms with Crippen LogP contribution in [0.4, 0.5) is 5.82 Å². The Kier molecular flexibility index (Phi) is 3.56. The Morgan fingerprint density at radius 3 is 2.95 bits per heavy atom. The average Bonchev–Trinajstić information content (AvgIpc) is 3.16. The predicted octanol–water partition coefficient (Wildman–Crippen LogP) is 1.97. The molecule has 0 aliphatic carbocycles. The van der Waals surface area contributed by atoms with Gasteiger partial charge in [-0.1, -0.05) is 5.16 Å². The molecule has 0 saturated carbocycles. The maximum Gasteiger partial charge on any atom is 0.293 e. The Hall–Kier alpha value is -2.44. The highest BCUT2D eigenvalue weighted by molar-refractivity contribution is 5.92. The van der Waals surface area contributed by atoms with E-state index in [0.717, 1.165) is 24.4 Å². The molecular formula is C15H19N5O2. The topological polar surface area (TPSA) is 84.2 Å². The van der Waals surface area contributed by atoms with Crippen LogP contribution in [0.15, 0.2) is 22.9 Å². The second kappa shape index (κ2) is 5.40. The van der Waals surface area contributed by atoms with Crippen LogP contribution >= 0.6 is 0 Å². The van der Waals surface area contributed by atoms with Gasteiger partial charge in [0.1, 0.15) is 11.4 Å². The van der Waals surface area contributed by atoms with Gasteiger partial charge < -0.3 is 14.7 Å². The second-order valence-electron chi connectivity index (χ2n) is 5.68. The van der Waals surface area contributed by atoms with Gasteiger partial charge in [-0.2, -0.15) is 0 Å². The summed E-state index contributed by atoms with van der Waals surface area (Å²) in [5.74, 6) is 1.48. The standard InChI is InChI=1S/C15H19N5O2/c1-10-9-12(16-3)19-14(18-10)15(2)6-4-8-20(15)13(21)11-5-7-17-22-11/h5,7,9H,4,6,8H2,1-3H3,(H,16,18,19). The molecule has 1 fully saturated rings. The van der Waals surface area contributed by atoms with Crippen molar-refractivity contribution in [1.29, 1.82) is 0 Å². The van der Waals surface area contributed by atoms with E-state index in [1.165, 1.54) is 6.20 Å². The summed E-state index contributed by atoms with van der Waals surface area (Å²) in [6.45, 7) is 4.58. The third kappa shape index (κ3) is 2.32. The molecule has 3 rings (SSSR count). The van der Waals surface area contributed by atoms with Crippen molar-refractivity contribution in [3.63, 3.8) is 0 Å². The molecule has 2 aromatic heterocycles. The first-order valence-electron chi connectivity index (χ1n) is 7.31. The van der Waals surface area contributed by atoms with E-state index in [0.29, 0.717) is 12.4 Å². The Balaban J connectivity index is 2.00. The number of rotatable bonds is 3. The minimum absolute atomic E-state index is 0.173.